The van der Waals surface area contributed by atoms with E-state index in [0.29, 0.717) is 16.3 Å². The van der Waals surface area contributed by atoms with Gasteiger partial charge in [-0.15, -0.1) is 11.3 Å². The quantitative estimate of drug-likeness (QED) is 0.573. The molecule has 0 amide bonds. The molecule has 0 saturated carbocycles. The summed E-state index contributed by atoms with van der Waals surface area (Å²) < 4.78 is 0. The van der Waals surface area contributed by atoms with E-state index < -0.39 is 0 Å². The monoisotopic (exact) mass is 318 g/mol. The second-order valence-electron chi connectivity index (χ2n) is 4.64. The Morgan fingerprint density at radius 3 is 2.81 bits per heavy atom. The molecule has 108 valence electrons. The first-order chi connectivity index (χ1) is 10.2. The number of fused-ring (bicyclic) bond motifs is 1. The predicted octanol–water partition coefficient (Wildman–Crippen LogP) is 3.04. The Balaban J connectivity index is 2.10. The summed E-state index contributed by atoms with van der Waals surface area (Å²) in [4.78, 5) is 20.3. The van der Waals surface area contributed by atoms with Crippen molar-refractivity contribution in [1.29, 1.82) is 0 Å². The number of aromatic amines is 1. The molecule has 0 saturated heterocycles. The molecule has 1 aromatic carbocycles. The third-order valence-corrected chi connectivity index (χ3v) is 4.84. The van der Waals surface area contributed by atoms with E-state index >= 15 is 0 Å². The summed E-state index contributed by atoms with van der Waals surface area (Å²) >= 11 is 2.81. The second kappa shape index (κ2) is 6.01. The van der Waals surface area contributed by atoms with Gasteiger partial charge < -0.3 is 10.1 Å². The van der Waals surface area contributed by atoms with E-state index in [0.717, 1.165) is 16.0 Å². The van der Waals surface area contributed by atoms with Crippen LogP contribution in [0.15, 0.2) is 39.6 Å². The zero-order valence-corrected chi connectivity index (χ0v) is 13.1. The summed E-state index contributed by atoms with van der Waals surface area (Å²) in [5.41, 5.74) is 3.00. The van der Waals surface area contributed by atoms with Crippen molar-refractivity contribution in [2.75, 3.05) is 12.4 Å². The maximum atomic E-state index is 12.3. The number of aliphatic hydroxyl groups excluding tert-OH is 1. The Kier molecular flexibility index (Phi) is 4.10. The molecule has 2 N–H and O–H groups in total. The lowest BCUT2D eigenvalue weighted by atomic mass is 10.1. The fourth-order valence-corrected chi connectivity index (χ4v) is 3.70. The number of aromatic nitrogens is 2. The molecule has 3 rings (SSSR count). The molecule has 0 fully saturated rings. The van der Waals surface area contributed by atoms with Gasteiger partial charge in [0.25, 0.3) is 5.56 Å². The predicted molar refractivity (Wildman–Crippen MR) is 88.2 cm³/mol. The van der Waals surface area contributed by atoms with E-state index in [-0.39, 0.29) is 12.2 Å². The average molecular weight is 318 g/mol. The highest BCUT2D eigenvalue weighted by atomic mass is 32.2. The number of benzene rings is 1. The van der Waals surface area contributed by atoms with E-state index in [4.69, 9.17) is 5.11 Å². The van der Waals surface area contributed by atoms with Crippen LogP contribution in [0, 0.1) is 6.92 Å². The van der Waals surface area contributed by atoms with Crippen molar-refractivity contribution in [3.63, 3.8) is 0 Å². The normalized spacial score (nSPS) is 11.1. The van der Waals surface area contributed by atoms with Gasteiger partial charge in [-0.25, -0.2) is 4.98 Å². The van der Waals surface area contributed by atoms with E-state index in [1.807, 2.05) is 36.6 Å². The van der Waals surface area contributed by atoms with Crippen molar-refractivity contribution in [2.45, 2.75) is 12.1 Å². The third-order valence-electron chi connectivity index (χ3n) is 3.11. The Morgan fingerprint density at radius 2 is 2.10 bits per heavy atom. The molecule has 0 aliphatic carbocycles. The number of aryl methyl sites for hydroxylation is 1. The zero-order chi connectivity index (χ0) is 14.8. The Labute approximate surface area is 129 Å². The molecule has 0 unspecified atom stereocenters. The number of hydrogen-bond donors (Lipinski definition) is 2. The first kappa shape index (κ1) is 14.3. The number of thioether (sulfide) groups is 1. The lowest BCUT2D eigenvalue weighted by molar-refractivity contribution is 0.322. The first-order valence-electron chi connectivity index (χ1n) is 6.51. The molecule has 4 nitrogen and oxygen atoms in total. The van der Waals surface area contributed by atoms with Gasteiger partial charge in [-0.05, 0) is 12.5 Å². The fraction of sp³-hybridized carbons (Fsp3) is 0.200. The lowest BCUT2D eigenvalue weighted by Crippen LogP contribution is -2.09. The third kappa shape index (κ3) is 2.88. The van der Waals surface area contributed by atoms with Crippen LogP contribution >= 0.6 is 23.1 Å². The van der Waals surface area contributed by atoms with E-state index in [2.05, 4.69) is 9.97 Å². The summed E-state index contributed by atoms with van der Waals surface area (Å²) in [5.74, 6) is 0.518. The first-order valence-corrected chi connectivity index (χ1v) is 8.38. The van der Waals surface area contributed by atoms with Crippen LogP contribution in [0.4, 0.5) is 0 Å². The standard InChI is InChI=1S/C15H14N2O2S2/c1-9-2-4-10(5-3-9)11-8-21-14-12(11)13(19)16-15(17-14)20-7-6-18/h2-5,8,18H,6-7H2,1H3,(H,16,17,19). The molecule has 2 heterocycles. The highest BCUT2D eigenvalue weighted by Gasteiger charge is 2.12. The van der Waals surface area contributed by atoms with Gasteiger partial charge in [-0.1, -0.05) is 41.6 Å². The molecule has 6 heteroatoms. The largest absolute Gasteiger partial charge is 0.396 e. The highest BCUT2D eigenvalue weighted by Crippen LogP contribution is 2.31. The van der Waals surface area contributed by atoms with Gasteiger partial charge in [-0.2, -0.15) is 0 Å². The number of H-pyrrole nitrogens is 1. The maximum Gasteiger partial charge on any atom is 0.260 e. The highest BCUT2D eigenvalue weighted by molar-refractivity contribution is 7.99. The van der Waals surface area contributed by atoms with Crippen LogP contribution in [-0.2, 0) is 0 Å². The minimum Gasteiger partial charge on any atom is -0.396 e. The van der Waals surface area contributed by atoms with Crippen LogP contribution in [-0.4, -0.2) is 27.4 Å². The van der Waals surface area contributed by atoms with Gasteiger partial charge in [-0.3, -0.25) is 4.79 Å². The molecule has 3 aromatic rings. The van der Waals surface area contributed by atoms with Gasteiger partial charge in [0.05, 0.1) is 12.0 Å². The van der Waals surface area contributed by atoms with Gasteiger partial charge in [0.1, 0.15) is 4.83 Å². The molecule has 2 aromatic heterocycles. The molecule has 0 aliphatic heterocycles. The van der Waals surface area contributed by atoms with E-state index in [9.17, 15) is 4.79 Å². The molecule has 21 heavy (non-hydrogen) atoms. The second-order valence-corrected chi connectivity index (χ2v) is 6.58. The van der Waals surface area contributed by atoms with Crippen molar-refractivity contribution >= 4 is 33.3 Å². The molecular weight excluding hydrogens is 304 g/mol. The topological polar surface area (TPSA) is 66.0 Å². The lowest BCUT2D eigenvalue weighted by Gasteiger charge is -2.02. The summed E-state index contributed by atoms with van der Waals surface area (Å²) in [5, 5.41) is 12.0. The number of aliphatic hydroxyl groups is 1. The Morgan fingerprint density at radius 1 is 1.33 bits per heavy atom. The van der Waals surface area contributed by atoms with Crippen LogP contribution in [0.1, 0.15) is 5.56 Å². The number of nitrogens with zero attached hydrogens (tertiary/aromatic N) is 1. The SMILES string of the molecule is Cc1ccc(-c2csc3nc(SCCO)[nH]c(=O)c23)cc1. The van der Waals surface area contributed by atoms with Crippen molar-refractivity contribution in [2.24, 2.45) is 0 Å². The molecular formula is C15H14N2O2S2. The van der Waals surface area contributed by atoms with Gasteiger partial charge in [0.15, 0.2) is 5.16 Å². The zero-order valence-electron chi connectivity index (χ0n) is 11.4. The minimum atomic E-state index is -0.128. The molecule has 0 aliphatic rings. The molecule has 0 radical (unpaired) electrons. The minimum absolute atomic E-state index is 0.0610. The summed E-state index contributed by atoms with van der Waals surface area (Å²) in [6, 6.07) is 8.10. The summed E-state index contributed by atoms with van der Waals surface area (Å²) in [6.45, 7) is 2.10. The Hall–Kier alpha value is -1.63. The summed E-state index contributed by atoms with van der Waals surface area (Å²) in [6.07, 6.45) is 0. The van der Waals surface area contributed by atoms with Crippen molar-refractivity contribution in [3.8, 4) is 11.1 Å². The van der Waals surface area contributed by atoms with Gasteiger partial charge >= 0.3 is 0 Å². The smallest absolute Gasteiger partial charge is 0.260 e. The Bertz CT molecular complexity index is 822. The van der Waals surface area contributed by atoms with Gasteiger partial charge in [0.2, 0.25) is 0 Å². The fourth-order valence-electron chi connectivity index (χ4n) is 2.09. The number of nitrogens with one attached hydrogen (secondary N) is 1. The van der Waals surface area contributed by atoms with Crippen LogP contribution in [0.3, 0.4) is 0 Å². The van der Waals surface area contributed by atoms with Crippen molar-refractivity contribution in [1.82, 2.24) is 9.97 Å². The van der Waals surface area contributed by atoms with Crippen molar-refractivity contribution < 1.29 is 5.11 Å². The number of hydrogen-bond acceptors (Lipinski definition) is 5. The van der Waals surface area contributed by atoms with Crippen LogP contribution < -0.4 is 5.56 Å². The van der Waals surface area contributed by atoms with Gasteiger partial charge in [0, 0.05) is 16.7 Å². The molecule has 0 bridgehead atoms. The molecule has 0 atom stereocenters. The van der Waals surface area contributed by atoms with E-state index in [1.165, 1.54) is 28.7 Å². The van der Waals surface area contributed by atoms with E-state index in [1.54, 1.807) is 0 Å². The van der Waals surface area contributed by atoms with Crippen molar-refractivity contribution in [3.05, 3.63) is 45.6 Å². The van der Waals surface area contributed by atoms with Crippen LogP contribution in [0.25, 0.3) is 21.3 Å². The average Bonchev–Trinajstić information content (AvgIpc) is 2.90. The number of thiophene rings is 1. The van der Waals surface area contributed by atoms with Crippen LogP contribution in [0.5, 0.6) is 0 Å². The maximum absolute atomic E-state index is 12.3. The number of rotatable bonds is 4. The van der Waals surface area contributed by atoms with Crippen LogP contribution in [0.2, 0.25) is 0 Å². The molecule has 0 spiro atoms. The summed E-state index contributed by atoms with van der Waals surface area (Å²) in [7, 11) is 0.